The molecule has 146 valence electrons. The molecular weight excluding hydrogens is 394 g/mol. The zero-order valence-electron chi connectivity index (χ0n) is 15.5. The van der Waals surface area contributed by atoms with E-state index in [0.717, 1.165) is 32.0 Å². The Bertz CT molecular complexity index is 948. The van der Waals surface area contributed by atoms with Crippen LogP contribution in [0.1, 0.15) is 4.88 Å². The van der Waals surface area contributed by atoms with E-state index in [-0.39, 0.29) is 5.91 Å². The fourth-order valence-electron chi connectivity index (χ4n) is 2.99. The van der Waals surface area contributed by atoms with E-state index in [9.17, 15) is 4.79 Å². The number of hydrogen-bond acceptors (Lipinski definition) is 7. The fourth-order valence-corrected chi connectivity index (χ4v) is 4.75. The number of morpholine rings is 1. The first kappa shape index (κ1) is 18.9. The summed E-state index contributed by atoms with van der Waals surface area (Å²) in [6.07, 6.45) is 0.432. The minimum atomic E-state index is 0.161. The van der Waals surface area contributed by atoms with Gasteiger partial charge in [-0.3, -0.25) is 4.79 Å². The van der Waals surface area contributed by atoms with Gasteiger partial charge in [0, 0.05) is 23.3 Å². The number of ether oxygens (including phenoxy) is 2. The number of anilines is 2. The van der Waals surface area contributed by atoms with Crippen LogP contribution in [0, 0.1) is 0 Å². The van der Waals surface area contributed by atoms with Gasteiger partial charge in [-0.1, -0.05) is 12.1 Å². The van der Waals surface area contributed by atoms with Gasteiger partial charge in [-0.15, -0.1) is 22.7 Å². The van der Waals surface area contributed by atoms with Crippen molar-refractivity contribution in [3.63, 3.8) is 0 Å². The van der Waals surface area contributed by atoms with Crippen molar-refractivity contribution in [2.75, 3.05) is 38.7 Å². The number of thiophene rings is 1. The number of para-hydroxylation sites is 2. The first-order chi connectivity index (χ1) is 13.7. The molecule has 1 aliphatic rings. The van der Waals surface area contributed by atoms with Crippen LogP contribution in [0.5, 0.6) is 5.75 Å². The van der Waals surface area contributed by atoms with E-state index in [1.54, 1.807) is 29.8 Å². The van der Waals surface area contributed by atoms with Gasteiger partial charge in [0.05, 0.1) is 43.0 Å². The third-order valence-electron chi connectivity index (χ3n) is 4.46. The first-order valence-electron chi connectivity index (χ1n) is 9.03. The van der Waals surface area contributed by atoms with Crippen LogP contribution in [0.2, 0.25) is 0 Å². The lowest BCUT2D eigenvalue weighted by molar-refractivity contribution is -0.134. The van der Waals surface area contributed by atoms with Crippen LogP contribution in [0.15, 0.2) is 41.8 Å². The van der Waals surface area contributed by atoms with Crippen LogP contribution in [-0.2, 0) is 16.0 Å². The molecule has 4 rings (SSSR count). The number of rotatable bonds is 6. The van der Waals surface area contributed by atoms with Crippen molar-refractivity contribution in [3.8, 4) is 16.3 Å². The number of methoxy groups -OCH3 is 1. The average Bonchev–Trinajstić information content (AvgIpc) is 3.38. The Morgan fingerprint density at radius 1 is 1.25 bits per heavy atom. The van der Waals surface area contributed by atoms with E-state index in [4.69, 9.17) is 9.47 Å². The summed E-state index contributed by atoms with van der Waals surface area (Å²) in [5, 5.41) is 6.14. The minimum Gasteiger partial charge on any atom is -0.495 e. The summed E-state index contributed by atoms with van der Waals surface area (Å²) in [4.78, 5) is 21.1. The van der Waals surface area contributed by atoms with Crippen LogP contribution in [-0.4, -0.2) is 49.2 Å². The second-order valence-corrected chi connectivity index (χ2v) is 8.33. The number of hydrogen-bond donors (Lipinski definition) is 1. The summed E-state index contributed by atoms with van der Waals surface area (Å²) in [5.41, 5.74) is 1.80. The van der Waals surface area contributed by atoms with Gasteiger partial charge in [0.25, 0.3) is 0 Å². The molecule has 3 aromatic rings. The Labute approximate surface area is 171 Å². The molecule has 1 fully saturated rings. The van der Waals surface area contributed by atoms with Crippen molar-refractivity contribution in [3.05, 3.63) is 46.7 Å². The summed E-state index contributed by atoms with van der Waals surface area (Å²) < 4.78 is 10.7. The zero-order valence-corrected chi connectivity index (χ0v) is 17.1. The molecule has 1 aromatic carbocycles. The first-order valence-corrected chi connectivity index (χ1v) is 10.7. The predicted octanol–water partition coefficient (Wildman–Crippen LogP) is 4.03. The molecule has 28 heavy (non-hydrogen) atoms. The highest BCUT2D eigenvalue weighted by molar-refractivity contribution is 7.17. The zero-order chi connectivity index (χ0) is 19.3. The molecule has 1 amide bonds. The molecule has 0 atom stereocenters. The molecule has 6 nitrogen and oxygen atoms in total. The fraction of sp³-hybridized carbons (Fsp3) is 0.300. The van der Waals surface area contributed by atoms with Crippen molar-refractivity contribution < 1.29 is 14.3 Å². The standard InChI is InChI=1S/C20H21N3O3S2/c1-25-17-5-3-2-4-15(17)21-20-22-16(13-27-20)18-7-6-14(28-18)12-19(24)23-8-10-26-11-9-23/h2-7,13H,8-12H2,1H3,(H,21,22). The highest BCUT2D eigenvalue weighted by Gasteiger charge is 2.18. The minimum absolute atomic E-state index is 0.161. The highest BCUT2D eigenvalue weighted by atomic mass is 32.1. The number of amides is 1. The lowest BCUT2D eigenvalue weighted by Crippen LogP contribution is -2.41. The van der Waals surface area contributed by atoms with Gasteiger partial charge >= 0.3 is 0 Å². The van der Waals surface area contributed by atoms with Crippen molar-refractivity contribution in [2.24, 2.45) is 0 Å². The monoisotopic (exact) mass is 415 g/mol. The van der Waals surface area contributed by atoms with E-state index in [1.807, 2.05) is 46.7 Å². The smallest absolute Gasteiger partial charge is 0.227 e. The van der Waals surface area contributed by atoms with Gasteiger partial charge < -0.3 is 19.7 Å². The van der Waals surface area contributed by atoms with E-state index in [1.165, 1.54) is 0 Å². The van der Waals surface area contributed by atoms with Gasteiger partial charge in [-0.2, -0.15) is 0 Å². The highest BCUT2D eigenvalue weighted by Crippen LogP contribution is 2.34. The molecule has 1 N–H and O–H groups in total. The summed E-state index contributed by atoms with van der Waals surface area (Å²) in [6.45, 7) is 2.62. The Kier molecular flexibility index (Phi) is 5.90. The SMILES string of the molecule is COc1ccccc1Nc1nc(-c2ccc(CC(=O)N3CCOCC3)s2)cs1. The van der Waals surface area contributed by atoms with Crippen LogP contribution < -0.4 is 10.1 Å². The molecule has 0 spiro atoms. The molecular formula is C20H21N3O3S2. The van der Waals surface area contributed by atoms with Crippen LogP contribution >= 0.6 is 22.7 Å². The number of nitrogens with one attached hydrogen (secondary N) is 1. The molecule has 1 saturated heterocycles. The molecule has 2 aromatic heterocycles. The molecule has 0 saturated carbocycles. The number of nitrogens with zero attached hydrogens (tertiary/aromatic N) is 2. The third-order valence-corrected chi connectivity index (χ3v) is 6.32. The van der Waals surface area contributed by atoms with E-state index >= 15 is 0 Å². The van der Waals surface area contributed by atoms with Gasteiger partial charge in [0.2, 0.25) is 5.91 Å². The lowest BCUT2D eigenvalue weighted by atomic mass is 10.3. The molecule has 3 heterocycles. The average molecular weight is 416 g/mol. The number of thiazole rings is 1. The summed E-state index contributed by atoms with van der Waals surface area (Å²) >= 11 is 3.16. The number of aromatic nitrogens is 1. The van der Waals surface area contributed by atoms with Gasteiger partial charge in [-0.05, 0) is 24.3 Å². The number of benzene rings is 1. The molecule has 1 aliphatic heterocycles. The number of carbonyl (C=O) groups excluding carboxylic acids is 1. The maximum absolute atomic E-state index is 12.4. The molecule has 0 unspecified atom stereocenters. The van der Waals surface area contributed by atoms with Gasteiger partial charge in [0.15, 0.2) is 5.13 Å². The topological polar surface area (TPSA) is 63.7 Å². The van der Waals surface area contributed by atoms with Crippen LogP contribution in [0.25, 0.3) is 10.6 Å². The third kappa shape index (κ3) is 4.35. The molecule has 0 aliphatic carbocycles. The Balaban J connectivity index is 1.42. The predicted molar refractivity (Wildman–Crippen MR) is 113 cm³/mol. The lowest BCUT2D eigenvalue weighted by Gasteiger charge is -2.26. The van der Waals surface area contributed by atoms with Crippen LogP contribution in [0.4, 0.5) is 10.8 Å². The molecule has 0 radical (unpaired) electrons. The van der Waals surface area contributed by atoms with Crippen LogP contribution in [0.3, 0.4) is 0 Å². The second-order valence-electron chi connectivity index (χ2n) is 6.30. The maximum Gasteiger partial charge on any atom is 0.227 e. The quantitative estimate of drug-likeness (QED) is 0.659. The second kappa shape index (κ2) is 8.72. The van der Waals surface area contributed by atoms with E-state index in [2.05, 4.69) is 10.3 Å². The summed E-state index contributed by atoms with van der Waals surface area (Å²) in [5.74, 6) is 0.938. The van der Waals surface area contributed by atoms with Crippen molar-refractivity contribution >= 4 is 39.4 Å². The Hall–Kier alpha value is -2.42. The number of carbonyl (C=O) groups is 1. The van der Waals surface area contributed by atoms with Crippen molar-refractivity contribution in [2.45, 2.75) is 6.42 Å². The van der Waals surface area contributed by atoms with E-state index < -0.39 is 0 Å². The normalized spacial score (nSPS) is 14.1. The van der Waals surface area contributed by atoms with Gasteiger partial charge in [0.1, 0.15) is 5.75 Å². The maximum atomic E-state index is 12.4. The van der Waals surface area contributed by atoms with Crippen molar-refractivity contribution in [1.82, 2.24) is 9.88 Å². The molecule has 8 heteroatoms. The van der Waals surface area contributed by atoms with Gasteiger partial charge in [-0.25, -0.2) is 4.98 Å². The van der Waals surface area contributed by atoms with Crippen molar-refractivity contribution in [1.29, 1.82) is 0 Å². The largest absolute Gasteiger partial charge is 0.495 e. The van der Waals surface area contributed by atoms with E-state index in [0.29, 0.717) is 32.7 Å². The molecule has 0 bridgehead atoms. The Morgan fingerprint density at radius 3 is 2.89 bits per heavy atom. The summed E-state index contributed by atoms with van der Waals surface area (Å²) in [7, 11) is 1.65. The Morgan fingerprint density at radius 2 is 2.07 bits per heavy atom. The summed E-state index contributed by atoms with van der Waals surface area (Å²) in [6, 6.07) is 11.8.